The Morgan fingerprint density at radius 3 is 2.08 bits per heavy atom. The molecule has 1 saturated heterocycles. The van der Waals surface area contributed by atoms with Crippen molar-refractivity contribution in [1.29, 1.82) is 0 Å². The normalized spacial score (nSPS) is 14.2. The summed E-state index contributed by atoms with van der Waals surface area (Å²) in [5.74, 6) is -0.715. The second-order valence-corrected chi connectivity index (χ2v) is 9.33. The molecule has 0 radical (unpaired) electrons. The molecule has 2 aromatic heterocycles. The number of hydrogen-bond donors (Lipinski definition) is 0. The minimum atomic E-state index is -0.470. The van der Waals surface area contributed by atoms with E-state index in [0.29, 0.717) is 32.7 Å². The van der Waals surface area contributed by atoms with E-state index in [1.807, 2.05) is 36.4 Å². The topological polar surface area (TPSA) is 40.9 Å². The molecule has 6 heteroatoms. The van der Waals surface area contributed by atoms with Gasteiger partial charge in [-0.15, -0.1) is 0 Å². The highest BCUT2D eigenvalue weighted by molar-refractivity contribution is 5.94. The molecule has 1 amide bonds. The minimum Gasteiger partial charge on any atom is -0.336 e. The SMILES string of the molecule is O=C(c1ccccc1F)N1CCN(Cc2c(-c3ccccc3)nc3ccc(-c4ccccc4)cn23)CC1. The van der Waals surface area contributed by atoms with Crippen LogP contribution in [0.3, 0.4) is 0 Å². The zero-order valence-electron chi connectivity index (χ0n) is 20.4. The van der Waals surface area contributed by atoms with Gasteiger partial charge in [-0.05, 0) is 35.4 Å². The number of hydrogen-bond acceptors (Lipinski definition) is 3. The summed E-state index contributed by atoms with van der Waals surface area (Å²) < 4.78 is 16.4. The third kappa shape index (κ3) is 4.63. The van der Waals surface area contributed by atoms with Gasteiger partial charge >= 0.3 is 0 Å². The summed E-state index contributed by atoms with van der Waals surface area (Å²) in [7, 11) is 0. The molecule has 1 fully saturated rings. The van der Waals surface area contributed by atoms with Crippen molar-refractivity contribution in [1.82, 2.24) is 19.2 Å². The molecular formula is C31H27FN4O. The van der Waals surface area contributed by atoms with Crippen LogP contribution in [-0.2, 0) is 6.54 Å². The summed E-state index contributed by atoms with van der Waals surface area (Å²) in [4.78, 5) is 22.0. The summed E-state index contributed by atoms with van der Waals surface area (Å²) in [5.41, 5.74) is 6.50. The predicted octanol–water partition coefficient (Wildman–Crippen LogP) is 5.77. The second kappa shape index (κ2) is 9.99. The van der Waals surface area contributed by atoms with Crippen LogP contribution in [0.1, 0.15) is 16.1 Å². The first-order valence-corrected chi connectivity index (χ1v) is 12.6. The fourth-order valence-electron chi connectivity index (χ4n) is 5.00. The number of benzene rings is 3. The molecule has 6 rings (SSSR count). The van der Waals surface area contributed by atoms with Gasteiger partial charge in [0.1, 0.15) is 11.5 Å². The fourth-order valence-corrected chi connectivity index (χ4v) is 5.00. The number of piperazine rings is 1. The average molecular weight is 491 g/mol. The van der Waals surface area contributed by atoms with Gasteiger partial charge in [-0.3, -0.25) is 9.69 Å². The van der Waals surface area contributed by atoms with Gasteiger partial charge in [0.15, 0.2) is 0 Å². The summed E-state index contributed by atoms with van der Waals surface area (Å²) in [6, 6.07) is 31.0. The minimum absolute atomic E-state index is 0.137. The van der Waals surface area contributed by atoms with Crippen molar-refractivity contribution in [2.75, 3.05) is 26.2 Å². The number of halogens is 1. The van der Waals surface area contributed by atoms with Crippen molar-refractivity contribution < 1.29 is 9.18 Å². The average Bonchev–Trinajstić information content (AvgIpc) is 3.32. The molecule has 0 aliphatic carbocycles. The first kappa shape index (κ1) is 23.1. The van der Waals surface area contributed by atoms with Crippen LogP contribution in [0.25, 0.3) is 28.0 Å². The van der Waals surface area contributed by atoms with Crippen LogP contribution in [0.2, 0.25) is 0 Å². The highest BCUT2D eigenvalue weighted by atomic mass is 19.1. The largest absolute Gasteiger partial charge is 0.336 e. The van der Waals surface area contributed by atoms with E-state index in [1.165, 1.54) is 6.07 Å². The second-order valence-electron chi connectivity index (χ2n) is 9.33. The lowest BCUT2D eigenvalue weighted by molar-refractivity contribution is 0.0622. The lowest BCUT2D eigenvalue weighted by Gasteiger charge is -2.34. The van der Waals surface area contributed by atoms with Gasteiger partial charge in [-0.2, -0.15) is 0 Å². The molecule has 5 aromatic rings. The number of fused-ring (bicyclic) bond motifs is 1. The van der Waals surface area contributed by atoms with Crippen LogP contribution in [-0.4, -0.2) is 51.3 Å². The maximum atomic E-state index is 14.2. The van der Waals surface area contributed by atoms with Crippen molar-refractivity contribution >= 4 is 11.6 Å². The van der Waals surface area contributed by atoms with Crippen LogP contribution in [0.4, 0.5) is 4.39 Å². The van der Waals surface area contributed by atoms with E-state index >= 15 is 0 Å². The van der Waals surface area contributed by atoms with Crippen LogP contribution >= 0.6 is 0 Å². The maximum Gasteiger partial charge on any atom is 0.256 e. The van der Waals surface area contributed by atoms with Gasteiger partial charge in [-0.25, -0.2) is 9.37 Å². The Kier molecular flexibility index (Phi) is 6.25. The highest BCUT2D eigenvalue weighted by Crippen LogP contribution is 2.28. The molecule has 5 nitrogen and oxygen atoms in total. The molecule has 3 aromatic carbocycles. The number of imidazole rings is 1. The number of carbonyl (C=O) groups excluding carboxylic acids is 1. The zero-order valence-corrected chi connectivity index (χ0v) is 20.4. The van der Waals surface area contributed by atoms with E-state index in [2.05, 4.69) is 51.9 Å². The first-order valence-electron chi connectivity index (χ1n) is 12.6. The predicted molar refractivity (Wildman–Crippen MR) is 144 cm³/mol. The first-order chi connectivity index (χ1) is 18.2. The summed E-state index contributed by atoms with van der Waals surface area (Å²) in [6.07, 6.45) is 2.16. The van der Waals surface area contributed by atoms with E-state index in [4.69, 9.17) is 4.98 Å². The van der Waals surface area contributed by atoms with Crippen LogP contribution in [0.5, 0.6) is 0 Å². The molecule has 1 aliphatic heterocycles. The Bertz CT molecular complexity index is 1540. The number of amides is 1. The Balaban J connectivity index is 1.29. The summed E-state index contributed by atoms with van der Waals surface area (Å²) >= 11 is 0. The van der Waals surface area contributed by atoms with Crippen molar-refractivity contribution in [3.8, 4) is 22.4 Å². The third-order valence-electron chi connectivity index (χ3n) is 7.01. The standard InChI is InChI=1S/C31H27FN4O/c32-27-14-8-7-13-26(27)31(37)35-19-17-34(18-20-35)22-28-30(24-11-5-2-6-12-24)33-29-16-15-25(21-36(28)29)23-9-3-1-4-10-23/h1-16,21H,17-20,22H2. The Labute approximate surface area is 215 Å². The summed E-state index contributed by atoms with van der Waals surface area (Å²) in [6.45, 7) is 3.23. The molecule has 0 bridgehead atoms. The van der Waals surface area contributed by atoms with Crippen molar-refractivity contribution in [3.63, 3.8) is 0 Å². The van der Waals surface area contributed by atoms with E-state index in [0.717, 1.165) is 33.7 Å². The van der Waals surface area contributed by atoms with Crippen LogP contribution in [0, 0.1) is 5.82 Å². The Hall–Kier alpha value is -4.29. The molecular weight excluding hydrogens is 463 g/mol. The Morgan fingerprint density at radius 1 is 0.730 bits per heavy atom. The van der Waals surface area contributed by atoms with Gasteiger partial charge in [-0.1, -0.05) is 72.8 Å². The van der Waals surface area contributed by atoms with E-state index in [1.54, 1.807) is 23.1 Å². The van der Waals surface area contributed by atoms with E-state index in [9.17, 15) is 9.18 Å². The quantitative estimate of drug-likeness (QED) is 0.314. The molecule has 0 saturated carbocycles. The van der Waals surface area contributed by atoms with E-state index < -0.39 is 5.82 Å². The number of nitrogens with zero attached hydrogens (tertiary/aromatic N) is 4. The van der Waals surface area contributed by atoms with Gasteiger partial charge in [0.2, 0.25) is 0 Å². The van der Waals surface area contributed by atoms with Gasteiger partial charge < -0.3 is 9.30 Å². The monoisotopic (exact) mass is 490 g/mol. The van der Waals surface area contributed by atoms with Crippen molar-refractivity contribution in [2.24, 2.45) is 0 Å². The number of pyridine rings is 1. The van der Waals surface area contributed by atoms with Gasteiger partial charge in [0.25, 0.3) is 5.91 Å². The number of carbonyl (C=O) groups is 1. The van der Waals surface area contributed by atoms with Crippen LogP contribution in [0.15, 0.2) is 103 Å². The molecule has 0 N–H and O–H groups in total. The van der Waals surface area contributed by atoms with Crippen molar-refractivity contribution in [3.05, 3.63) is 120 Å². The molecule has 0 spiro atoms. The van der Waals surface area contributed by atoms with Gasteiger partial charge in [0.05, 0.1) is 17.0 Å². The third-order valence-corrected chi connectivity index (χ3v) is 7.01. The highest BCUT2D eigenvalue weighted by Gasteiger charge is 2.25. The number of aromatic nitrogens is 2. The molecule has 0 unspecified atom stereocenters. The lowest BCUT2D eigenvalue weighted by Crippen LogP contribution is -2.48. The van der Waals surface area contributed by atoms with Crippen molar-refractivity contribution in [2.45, 2.75) is 6.54 Å². The maximum absolute atomic E-state index is 14.2. The molecule has 3 heterocycles. The zero-order chi connectivity index (χ0) is 25.2. The van der Waals surface area contributed by atoms with Crippen LogP contribution < -0.4 is 0 Å². The Morgan fingerprint density at radius 2 is 1.38 bits per heavy atom. The molecule has 0 atom stereocenters. The van der Waals surface area contributed by atoms with Gasteiger partial charge in [0, 0.05) is 44.5 Å². The molecule has 1 aliphatic rings. The number of rotatable bonds is 5. The summed E-state index contributed by atoms with van der Waals surface area (Å²) in [5, 5.41) is 0. The molecule has 184 valence electrons. The smallest absolute Gasteiger partial charge is 0.256 e. The molecule has 37 heavy (non-hydrogen) atoms. The van der Waals surface area contributed by atoms with E-state index in [-0.39, 0.29) is 11.5 Å². The lowest BCUT2D eigenvalue weighted by atomic mass is 10.1. The fraction of sp³-hybridized carbons (Fsp3) is 0.161.